The molecule has 0 radical (unpaired) electrons. The first-order chi connectivity index (χ1) is 8.66. The maximum Gasteiger partial charge on any atom is 0.158 e. The molecule has 5 atom stereocenters. The Labute approximate surface area is 111 Å². The van der Waals surface area contributed by atoms with Gasteiger partial charge in [-0.15, -0.1) is 0 Å². The highest BCUT2D eigenvalue weighted by molar-refractivity contribution is 5.25. The summed E-state index contributed by atoms with van der Waals surface area (Å²) >= 11 is 0. The quantitative estimate of drug-likeness (QED) is 0.692. The number of hydrogen-bond acceptors (Lipinski definition) is 2. The zero-order valence-electron chi connectivity index (χ0n) is 11.9. The molecule has 2 nitrogen and oxygen atoms in total. The first-order valence-electron chi connectivity index (χ1n) is 7.62. The fourth-order valence-corrected chi connectivity index (χ4v) is 4.56. The second-order valence-electron chi connectivity index (χ2n) is 6.47. The van der Waals surface area contributed by atoms with Gasteiger partial charge in [0.1, 0.15) is 0 Å². The van der Waals surface area contributed by atoms with Gasteiger partial charge in [-0.2, -0.15) is 0 Å². The minimum Gasteiger partial charge on any atom is -0.353 e. The van der Waals surface area contributed by atoms with E-state index in [0.717, 1.165) is 24.9 Å². The third-order valence-corrected chi connectivity index (χ3v) is 5.58. The summed E-state index contributed by atoms with van der Waals surface area (Å²) in [6.07, 6.45) is 9.05. The lowest BCUT2D eigenvalue weighted by Crippen LogP contribution is -2.55. The molecule has 1 heterocycles. The summed E-state index contributed by atoms with van der Waals surface area (Å²) in [7, 11) is 0. The van der Waals surface area contributed by atoms with Crippen LogP contribution >= 0.6 is 0 Å². The molecule has 0 aromatic rings. The summed E-state index contributed by atoms with van der Waals surface area (Å²) < 4.78 is 12.0. The Hall–Kier alpha value is -0.340. The van der Waals surface area contributed by atoms with Crippen molar-refractivity contribution < 1.29 is 9.47 Å². The van der Waals surface area contributed by atoms with Gasteiger partial charge in [-0.3, -0.25) is 0 Å². The van der Waals surface area contributed by atoms with E-state index in [1.54, 1.807) is 5.57 Å². The predicted molar refractivity (Wildman–Crippen MR) is 72.2 cm³/mol. The van der Waals surface area contributed by atoms with E-state index in [2.05, 4.69) is 26.8 Å². The average molecular weight is 250 g/mol. The SMILES string of the molecule is CCOC1C[C@H]2[C@@H](C)CC=C3CCC[C@@H](O1)[C@]32C. The highest BCUT2D eigenvalue weighted by atomic mass is 16.7. The Bertz CT molecular complexity index is 349. The summed E-state index contributed by atoms with van der Waals surface area (Å²) in [6, 6.07) is 0. The molecule has 0 N–H and O–H groups in total. The van der Waals surface area contributed by atoms with E-state index in [-0.39, 0.29) is 6.29 Å². The molecule has 2 fully saturated rings. The average Bonchev–Trinajstić information content (AvgIpc) is 2.34. The maximum absolute atomic E-state index is 6.26. The molecule has 0 amide bonds. The first-order valence-corrected chi connectivity index (χ1v) is 7.62. The molecule has 3 aliphatic rings. The Kier molecular flexibility index (Phi) is 3.27. The van der Waals surface area contributed by atoms with Gasteiger partial charge >= 0.3 is 0 Å². The van der Waals surface area contributed by atoms with E-state index in [0.29, 0.717) is 11.5 Å². The van der Waals surface area contributed by atoms with Gasteiger partial charge in [-0.05, 0) is 44.4 Å². The lowest BCUT2D eigenvalue weighted by Gasteiger charge is -2.57. The van der Waals surface area contributed by atoms with Crippen LogP contribution in [0.1, 0.15) is 52.9 Å². The van der Waals surface area contributed by atoms with Gasteiger partial charge in [0.25, 0.3) is 0 Å². The van der Waals surface area contributed by atoms with Gasteiger partial charge in [-0.25, -0.2) is 0 Å². The second-order valence-corrected chi connectivity index (χ2v) is 6.47. The monoisotopic (exact) mass is 250 g/mol. The summed E-state index contributed by atoms with van der Waals surface area (Å²) in [5.74, 6) is 1.51. The Balaban J connectivity index is 1.91. The zero-order chi connectivity index (χ0) is 12.8. The predicted octanol–water partition coefficient (Wildman–Crippen LogP) is 3.91. The highest BCUT2D eigenvalue weighted by Crippen LogP contribution is 2.57. The Morgan fingerprint density at radius 2 is 2.33 bits per heavy atom. The van der Waals surface area contributed by atoms with Crippen LogP contribution in [0, 0.1) is 17.3 Å². The molecule has 0 aromatic heterocycles. The molecule has 0 spiro atoms. The molecule has 102 valence electrons. The van der Waals surface area contributed by atoms with Crippen LogP contribution in [0.15, 0.2) is 11.6 Å². The second kappa shape index (κ2) is 4.64. The minimum atomic E-state index is 0.0398. The molecule has 3 rings (SSSR count). The lowest BCUT2D eigenvalue weighted by molar-refractivity contribution is -0.252. The molecule has 1 aliphatic heterocycles. The first kappa shape index (κ1) is 12.7. The van der Waals surface area contributed by atoms with E-state index in [1.165, 1.54) is 25.7 Å². The van der Waals surface area contributed by atoms with Gasteiger partial charge in [-0.1, -0.05) is 25.5 Å². The zero-order valence-corrected chi connectivity index (χ0v) is 11.9. The van der Waals surface area contributed by atoms with Crippen molar-refractivity contribution in [2.24, 2.45) is 17.3 Å². The smallest absolute Gasteiger partial charge is 0.158 e. The van der Waals surface area contributed by atoms with Crippen LogP contribution in [0.2, 0.25) is 0 Å². The molecule has 1 saturated carbocycles. The molecule has 1 unspecified atom stereocenters. The Morgan fingerprint density at radius 3 is 3.11 bits per heavy atom. The lowest BCUT2D eigenvalue weighted by atomic mass is 9.54. The molecular formula is C16H26O2. The molecular weight excluding hydrogens is 224 g/mol. The van der Waals surface area contributed by atoms with Crippen LogP contribution in [0.4, 0.5) is 0 Å². The van der Waals surface area contributed by atoms with Crippen molar-refractivity contribution in [3.8, 4) is 0 Å². The molecule has 1 saturated heterocycles. The standard InChI is InChI=1S/C16H26O2/c1-4-17-15-10-13-11(2)8-9-12-6-5-7-14(18-15)16(12,13)3/h9,11,13-15H,4-8,10H2,1-3H3/t11-,13-,14+,15?,16+/m0/s1. The molecule has 2 heteroatoms. The molecule has 0 bridgehead atoms. The van der Waals surface area contributed by atoms with Crippen molar-refractivity contribution in [3.63, 3.8) is 0 Å². The summed E-state index contributed by atoms with van der Waals surface area (Å²) in [4.78, 5) is 0. The third kappa shape index (κ3) is 1.77. The largest absolute Gasteiger partial charge is 0.353 e. The number of ether oxygens (including phenoxy) is 2. The van der Waals surface area contributed by atoms with Crippen LogP contribution < -0.4 is 0 Å². The van der Waals surface area contributed by atoms with Crippen LogP contribution in [-0.2, 0) is 9.47 Å². The molecule has 2 aliphatic carbocycles. The fourth-order valence-electron chi connectivity index (χ4n) is 4.56. The van der Waals surface area contributed by atoms with Crippen LogP contribution in [0.5, 0.6) is 0 Å². The van der Waals surface area contributed by atoms with Gasteiger partial charge in [0.15, 0.2) is 6.29 Å². The summed E-state index contributed by atoms with van der Waals surface area (Å²) in [5, 5.41) is 0. The van der Waals surface area contributed by atoms with Crippen molar-refractivity contribution in [3.05, 3.63) is 11.6 Å². The molecule has 18 heavy (non-hydrogen) atoms. The van der Waals surface area contributed by atoms with Gasteiger partial charge in [0, 0.05) is 18.4 Å². The molecule has 0 aromatic carbocycles. The van der Waals surface area contributed by atoms with Crippen LogP contribution in [-0.4, -0.2) is 19.0 Å². The van der Waals surface area contributed by atoms with E-state index in [4.69, 9.17) is 9.47 Å². The maximum atomic E-state index is 6.26. The fraction of sp³-hybridized carbons (Fsp3) is 0.875. The highest BCUT2D eigenvalue weighted by Gasteiger charge is 2.54. The van der Waals surface area contributed by atoms with Gasteiger partial charge in [0.05, 0.1) is 6.10 Å². The Morgan fingerprint density at radius 1 is 1.50 bits per heavy atom. The van der Waals surface area contributed by atoms with E-state index < -0.39 is 0 Å². The van der Waals surface area contributed by atoms with Crippen LogP contribution in [0.3, 0.4) is 0 Å². The van der Waals surface area contributed by atoms with Crippen LogP contribution in [0.25, 0.3) is 0 Å². The van der Waals surface area contributed by atoms with Crippen molar-refractivity contribution in [2.45, 2.75) is 65.3 Å². The van der Waals surface area contributed by atoms with Crippen molar-refractivity contribution in [2.75, 3.05) is 6.61 Å². The number of rotatable bonds is 2. The number of allylic oxidation sites excluding steroid dienone is 1. The van der Waals surface area contributed by atoms with Crippen molar-refractivity contribution in [1.29, 1.82) is 0 Å². The number of hydrogen-bond donors (Lipinski definition) is 0. The minimum absolute atomic E-state index is 0.0398. The topological polar surface area (TPSA) is 18.5 Å². The van der Waals surface area contributed by atoms with E-state index >= 15 is 0 Å². The van der Waals surface area contributed by atoms with E-state index in [1.807, 2.05) is 0 Å². The summed E-state index contributed by atoms with van der Waals surface area (Å²) in [5.41, 5.74) is 1.97. The van der Waals surface area contributed by atoms with E-state index in [9.17, 15) is 0 Å². The van der Waals surface area contributed by atoms with Gasteiger partial charge < -0.3 is 9.47 Å². The summed E-state index contributed by atoms with van der Waals surface area (Å²) in [6.45, 7) is 7.68. The van der Waals surface area contributed by atoms with Gasteiger partial charge in [0.2, 0.25) is 0 Å². The normalized spacial score (nSPS) is 47.4. The third-order valence-electron chi connectivity index (χ3n) is 5.58. The van der Waals surface area contributed by atoms with Crippen molar-refractivity contribution >= 4 is 0 Å². The van der Waals surface area contributed by atoms with Crippen molar-refractivity contribution in [1.82, 2.24) is 0 Å².